The molecule has 1 amide bonds. The van der Waals surface area contributed by atoms with Crippen LogP contribution in [-0.2, 0) is 17.6 Å². The van der Waals surface area contributed by atoms with E-state index < -0.39 is 0 Å². The molecule has 0 atom stereocenters. The maximum Gasteiger partial charge on any atom is 0.220 e. The fourth-order valence-electron chi connectivity index (χ4n) is 2.35. The number of carbonyl (C=O) groups excluding carboxylic acids is 1. The average molecular weight is 297 g/mol. The van der Waals surface area contributed by atoms with E-state index in [0.29, 0.717) is 13.0 Å². The predicted molar refractivity (Wildman–Crippen MR) is 89.2 cm³/mol. The highest BCUT2D eigenvalue weighted by Gasteiger charge is 2.02. The Balaban J connectivity index is 1.69. The van der Waals surface area contributed by atoms with Crippen molar-refractivity contribution in [3.8, 4) is 5.75 Å². The predicted octanol–water partition coefficient (Wildman–Crippen LogP) is 3.30. The summed E-state index contributed by atoms with van der Waals surface area (Å²) >= 11 is 0. The summed E-state index contributed by atoms with van der Waals surface area (Å²) in [5.41, 5.74) is 3.66. The van der Waals surface area contributed by atoms with Crippen LogP contribution in [-0.4, -0.2) is 19.6 Å². The van der Waals surface area contributed by atoms with Gasteiger partial charge in [-0.3, -0.25) is 4.79 Å². The monoisotopic (exact) mass is 297 g/mol. The fraction of sp³-hybridized carbons (Fsp3) is 0.316. The van der Waals surface area contributed by atoms with Gasteiger partial charge in [0.2, 0.25) is 5.91 Å². The Morgan fingerprint density at radius 2 is 1.82 bits per heavy atom. The summed E-state index contributed by atoms with van der Waals surface area (Å²) in [5, 5.41) is 2.98. The van der Waals surface area contributed by atoms with Crippen molar-refractivity contribution in [1.29, 1.82) is 0 Å². The van der Waals surface area contributed by atoms with Crippen molar-refractivity contribution in [3.05, 3.63) is 65.2 Å². The second kappa shape index (κ2) is 8.23. The third kappa shape index (κ3) is 5.24. The molecule has 0 unspecified atom stereocenters. The molecule has 0 aliphatic rings. The summed E-state index contributed by atoms with van der Waals surface area (Å²) in [5.74, 6) is 0.940. The maximum atomic E-state index is 11.9. The van der Waals surface area contributed by atoms with Gasteiger partial charge in [-0.25, -0.2) is 0 Å². The summed E-state index contributed by atoms with van der Waals surface area (Å²) in [6.45, 7) is 2.77. The second-order valence-electron chi connectivity index (χ2n) is 5.44. The number of nitrogens with one attached hydrogen (secondary N) is 1. The Morgan fingerprint density at radius 3 is 2.50 bits per heavy atom. The molecule has 0 fully saturated rings. The molecule has 0 heterocycles. The molecule has 22 heavy (non-hydrogen) atoms. The van der Waals surface area contributed by atoms with Gasteiger partial charge < -0.3 is 10.1 Å². The third-order valence-corrected chi connectivity index (χ3v) is 3.62. The van der Waals surface area contributed by atoms with Crippen molar-refractivity contribution >= 4 is 5.91 Å². The van der Waals surface area contributed by atoms with Crippen molar-refractivity contribution in [2.24, 2.45) is 0 Å². The first-order chi connectivity index (χ1) is 10.7. The second-order valence-corrected chi connectivity index (χ2v) is 5.44. The van der Waals surface area contributed by atoms with Gasteiger partial charge in [0, 0.05) is 13.0 Å². The first-order valence-corrected chi connectivity index (χ1v) is 7.62. The van der Waals surface area contributed by atoms with Gasteiger partial charge in [0.1, 0.15) is 5.75 Å². The Morgan fingerprint density at radius 1 is 1.05 bits per heavy atom. The maximum absolute atomic E-state index is 11.9. The van der Waals surface area contributed by atoms with Crippen LogP contribution in [0.3, 0.4) is 0 Å². The van der Waals surface area contributed by atoms with Crippen LogP contribution in [0.4, 0.5) is 0 Å². The highest BCUT2D eigenvalue weighted by Crippen LogP contribution is 2.12. The molecule has 0 saturated heterocycles. The van der Waals surface area contributed by atoms with Crippen molar-refractivity contribution in [3.63, 3.8) is 0 Å². The zero-order valence-corrected chi connectivity index (χ0v) is 13.3. The summed E-state index contributed by atoms with van der Waals surface area (Å²) in [4.78, 5) is 11.9. The van der Waals surface area contributed by atoms with Crippen molar-refractivity contribution in [2.75, 3.05) is 13.7 Å². The fourth-order valence-corrected chi connectivity index (χ4v) is 2.35. The lowest BCUT2D eigenvalue weighted by atomic mass is 10.1. The number of carbonyl (C=O) groups is 1. The summed E-state index contributed by atoms with van der Waals surface area (Å²) < 4.78 is 5.12. The number of aryl methyl sites for hydroxylation is 2. The Labute approximate surface area is 132 Å². The van der Waals surface area contributed by atoms with E-state index in [2.05, 4.69) is 36.5 Å². The van der Waals surface area contributed by atoms with E-state index >= 15 is 0 Å². The van der Waals surface area contributed by atoms with Gasteiger partial charge in [0.25, 0.3) is 0 Å². The molecule has 116 valence electrons. The molecule has 3 nitrogen and oxygen atoms in total. The van der Waals surface area contributed by atoms with E-state index in [-0.39, 0.29) is 5.91 Å². The lowest BCUT2D eigenvalue weighted by molar-refractivity contribution is -0.121. The number of benzene rings is 2. The van der Waals surface area contributed by atoms with Crippen LogP contribution in [0.1, 0.15) is 23.1 Å². The smallest absolute Gasteiger partial charge is 0.220 e. The Bertz CT molecular complexity index is 605. The van der Waals surface area contributed by atoms with Crippen LogP contribution >= 0.6 is 0 Å². The number of methoxy groups -OCH3 is 1. The Hall–Kier alpha value is -2.29. The number of hydrogen-bond acceptors (Lipinski definition) is 2. The molecule has 0 aromatic heterocycles. The highest BCUT2D eigenvalue weighted by molar-refractivity contribution is 5.76. The zero-order chi connectivity index (χ0) is 15.8. The number of hydrogen-bond donors (Lipinski definition) is 1. The van der Waals surface area contributed by atoms with E-state index in [1.807, 2.05) is 24.3 Å². The minimum Gasteiger partial charge on any atom is -0.497 e. The van der Waals surface area contributed by atoms with Gasteiger partial charge >= 0.3 is 0 Å². The minimum atomic E-state index is 0.100. The van der Waals surface area contributed by atoms with E-state index in [1.165, 1.54) is 11.1 Å². The van der Waals surface area contributed by atoms with E-state index in [0.717, 1.165) is 24.2 Å². The summed E-state index contributed by atoms with van der Waals surface area (Å²) in [6, 6.07) is 16.2. The topological polar surface area (TPSA) is 38.3 Å². The molecule has 0 aliphatic carbocycles. The van der Waals surface area contributed by atoms with Gasteiger partial charge in [-0.1, -0.05) is 42.0 Å². The molecule has 3 heteroatoms. The molecular formula is C19H23NO2. The number of amides is 1. The van der Waals surface area contributed by atoms with Crippen LogP contribution in [0.5, 0.6) is 5.75 Å². The molecule has 2 aromatic rings. The zero-order valence-electron chi connectivity index (χ0n) is 13.3. The van der Waals surface area contributed by atoms with Crippen LogP contribution < -0.4 is 10.1 Å². The molecule has 0 aliphatic heterocycles. The van der Waals surface area contributed by atoms with Crippen molar-refractivity contribution < 1.29 is 9.53 Å². The minimum absolute atomic E-state index is 0.100. The quantitative estimate of drug-likeness (QED) is 0.851. The lowest BCUT2D eigenvalue weighted by Gasteiger charge is -2.07. The highest BCUT2D eigenvalue weighted by atomic mass is 16.5. The molecule has 0 spiro atoms. The Kier molecular flexibility index (Phi) is 6.01. The van der Waals surface area contributed by atoms with Gasteiger partial charge in [0.15, 0.2) is 0 Å². The van der Waals surface area contributed by atoms with Crippen molar-refractivity contribution in [2.45, 2.75) is 26.2 Å². The van der Waals surface area contributed by atoms with Crippen LogP contribution in [0, 0.1) is 6.92 Å². The lowest BCUT2D eigenvalue weighted by Crippen LogP contribution is -2.25. The average Bonchev–Trinajstić information content (AvgIpc) is 2.53. The third-order valence-electron chi connectivity index (χ3n) is 3.62. The van der Waals surface area contributed by atoms with Gasteiger partial charge in [-0.05, 0) is 43.0 Å². The molecule has 0 bridgehead atoms. The van der Waals surface area contributed by atoms with Crippen LogP contribution in [0.2, 0.25) is 0 Å². The molecule has 1 N–H and O–H groups in total. The van der Waals surface area contributed by atoms with Gasteiger partial charge in [0.05, 0.1) is 7.11 Å². The largest absolute Gasteiger partial charge is 0.497 e. The first-order valence-electron chi connectivity index (χ1n) is 7.62. The standard InChI is InChI=1S/C19H23NO2/c1-15-4-3-5-17(14-15)12-13-20-19(21)11-8-16-6-9-18(22-2)10-7-16/h3-7,9-10,14H,8,11-13H2,1-2H3,(H,20,21). The number of rotatable bonds is 7. The molecule has 0 radical (unpaired) electrons. The SMILES string of the molecule is COc1ccc(CCC(=O)NCCc2cccc(C)c2)cc1. The molecular weight excluding hydrogens is 274 g/mol. The van der Waals surface area contributed by atoms with Gasteiger partial charge in [-0.2, -0.15) is 0 Å². The van der Waals surface area contributed by atoms with E-state index in [4.69, 9.17) is 4.74 Å². The molecule has 2 rings (SSSR count). The molecule has 2 aromatic carbocycles. The van der Waals surface area contributed by atoms with Crippen LogP contribution in [0.15, 0.2) is 48.5 Å². The van der Waals surface area contributed by atoms with E-state index in [1.54, 1.807) is 7.11 Å². The number of ether oxygens (including phenoxy) is 1. The normalized spacial score (nSPS) is 10.3. The van der Waals surface area contributed by atoms with Crippen LogP contribution in [0.25, 0.3) is 0 Å². The van der Waals surface area contributed by atoms with Crippen molar-refractivity contribution in [1.82, 2.24) is 5.32 Å². The van der Waals surface area contributed by atoms with Gasteiger partial charge in [-0.15, -0.1) is 0 Å². The summed E-state index contributed by atoms with van der Waals surface area (Å²) in [7, 11) is 1.65. The first kappa shape index (κ1) is 16.1. The summed E-state index contributed by atoms with van der Waals surface area (Å²) in [6.07, 6.45) is 2.14. The molecule has 0 saturated carbocycles. The van der Waals surface area contributed by atoms with E-state index in [9.17, 15) is 4.79 Å².